The minimum Gasteiger partial charge on any atom is -0.550 e. The second-order valence-electron chi connectivity index (χ2n) is 3.24. The van der Waals surface area contributed by atoms with Gasteiger partial charge in [-0.3, -0.25) is 0 Å². The van der Waals surface area contributed by atoms with Crippen LogP contribution in [0, 0.1) is 0 Å². The number of hydrogen-bond donors (Lipinski definition) is 0. The Balaban J connectivity index is 0.000000213. The third kappa shape index (κ3) is 3.01. The number of aromatic nitrogens is 1. The molecule has 0 saturated carbocycles. The molecule has 0 spiro atoms. The SMILES string of the molecule is CC(=O)[O-].CC1=C[n+]2ccccc2C1. The molecule has 0 N–H and O–H groups in total. The topological polar surface area (TPSA) is 44.0 Å². The summed E-state index contributed by atoms with van der Waals surface area (Å²) in [7, 11) is 0. The normalized spacial score (nSPS) is 12.3. The number of nitrogens with zero attached hydrogens (tertiary/aromatic N) is 1. The molecular formula is C11H13NO2. The third-order valence-electron chi connectivity index (χ3n) is 1.80. The lowest BCUT2D eigenvalue weighted by molar-refractivity contribution is -0.571. The third-order valence-corrected chi connectivity index (χ3v) is 1.80. The molecule has 2 heterocycles. The molecule has 0 atom stereocenters. The highest BCUT2D eigenvalue weighted by atomic mass is 16.4. The van der Waals surface area contributed by atoms with Crippen molar-refractivity contribution >= 4 is 12.2 Å². The van der Waals surface area contributed by atoms with Gasteiger partial charge in [0, 0.05) is 23.7 Å². The quantitative estimate of drug-likeness (QED) is 0.548. The summed E-state index contributed by atoms with van der Waals surface area (Å²) in [6.45, 7) is 3.13. The van der Waals surface area contributed by atoms with Crippen LogP contribution in [0.1, 0.15) is 19.5 Å². The molecule has 3 nitrogen and oxygen atoms in total. The van der Waals surface area contributed by atoms with E-state index in [1.54, 1.807) is 0 Å². The van der Waals surface area contributed by atoms with Crippen LogP contribution in [-0.2, 0) is 11.2 Å². The van der Waals surface area contributed by atoms with Crippen molar-refractivity contribution in [2.24, 2.45) is 0 Å². The Kier molecular flexibility index (Phi) is 3.40. The molecule has 1 aliphatic heterocycles. The molecule has 0 fully saturated rings. The molecule has 14 heavy (non-hydrogen) atoms. The number of carbonyl (C=O) groups excluding carboxylic acids is 1. The number of rotatable bonds is 0. The lowest BCUT2D eigenvalue weighted by Crippen LogP contribution is -2.26. The van der Waals surface area contributed by atoms with Crippen LogP contribution in [0.2, 0.25) is 0 Å². The van der Waals surface area contributed by atoms with Gasteiger partial charge in [-0.1, -0.05) is 6.07 Å². The number of carbonyl (C=O) groups is 1. The van der Waals surface area contributed by atoms with E-state index < -0.39 is 5.97 Å². The Hall–Kier alpha value is -1.64. The fourth-order valence-corrected chi connectivity index (χ4v) is 1.34. The van der Waals surface area contributed by atoms with Gasteiger partial charge in [0.2, 0.25) is 0 Å². The minimum absolute atomic E-state index is 0.972. The molecule has 74 valence electrons. The maximum Gasteiger partial charge on any atom is 0.191 e. The molecule has 1 aromatic rings. The maximum absolute atomic E-state index is 8.89. The average molecular weight is 191 g/mol. The van der Waals surface area contributed by atoms with Crippen molar-refractivity contribution in [2.75, 3.05) is 0 Å². The lowest BCUT2D eigenvalue weighted by Gasteiger charge is -1.86. The Morgan fingerprint density at radius 2 is 2.14 bits per heavy atom. The van der Waals surface area contributed by atoms with E-state index in [-0.39, 0.29) is 0 Å². The van der Waals surface area contributed by atoms with Crippen molar-refractivity contribution in [1.29, 1.82) is 0 Å². The fraction of sp³-hybridized carbons (Fsp3) is 0.273. The average Bonchev–Trinajstić information content (AvgIpc) is 2.42. The van der Waals surface area contributed by atoms with Crippen LogP contribution >= 0.6 is 0 Å². The number of pyridine rings is 1. The van der Waals surface area contributed by atoms with Gasteiger partial charge in [0.15, 0.2) is 18.1 Å². The first kappa shape index (κ1) is 10.4. The Morgan fingerprint density at radius 1 is 1.50 bits per heavy atom. The van der Waals surface area contributed by atoms with Crippen LogP contribution in [0.25, 0.3) is 6.20 Å². The van der Waals surface area contributed by atoms with Gasteiger partial charge in [0.05, 0.1) is 6.42 Å². The van der Waals surface area contributed by atoms with Gasteiger partial charge in [-0.25, -0.2) is 0 Å². The number of carboxylic acid groups (broad SMARTS) is 1. The van der Waals surface area contributed by atoms with Gasteiger partial charge in [-0.2, -0.15) is 4.57 Å². The predicted molar refractivity (Wildman–Crippen MR) is 51.0 cm³/mol. The summed E-state index contributed by atoms with van der Waals surface area (Å²) in [4.78, 5) is 8.89. The first-order chi connectivity index (χ1) is 6.59. The highest BCUT2D eigenvalue weighted by molar-refractivity contribution is 5.60. The van der Waals surface area contributed by atoms with Gasteiger partial charge < -0.3 is 9.90 Å². The van der Waals surface area contributed by atoms with E-state index in [0.717, 1.165) is 13.3 Å². The zero-order valence-electron chi connectivity index (χ0n) is 8.36. The van der Waals surface area contributed by atoms with Crippen molar-refractivity contribution in [2.45, 2.75) is 20.3 Å². The number of fused-ring (bicyclic) bond motifs is 1. The minimum atomic E-state index is -1.08. The highest BCUT2D eigenvalue weighted by Crippen LogP contribution is 2.08. The second kappa shape index (κ2) is 4.56. The van der Waals surface area contributed by atoms with Crippen molar-refractivity contribution in [3.8, 4) is 0 Å². The van der Waals surface area contributed by atoms with Crippen molar-refractivity contribution < 1.29 is 14.5 Å². The van der Waals surface area contributed by atoms with Gasteiger partial charge in [0.25, 0.3) is 0 Å². The molecule has 0 saturated heterocycles. The summed E-state index contributed by atoms with van der Waals surface area (Å²) in [5, 5.41) is 8.89. The summed E-state index contributed by atoms with van der Waals surface area (Å²) in [5.41, 5.74) is 2.83. The first-order valence-electron chi connectivity index (χ1n) is 4.43. The zero-order chi connectivity index (χ0) is 10.6. The van der Waals surface area contributed by atoms with Gasteiger partial charge >= 0.3 is 0 Å². The van der Waals surface area contributed by atoms with Crippen LogP contribution in [0.3, 0.4) is 0 Å². The van der Waals surface area contributed by atoms with Gasteiger partial charge in [-0.15, -0.1) is 0 Å². The van der Waals surface area contributed by atoms with E-state index in [2.05, 4.69) is 42.1 Å². The highest BCUT2D eigenvalue weighted by Gasteiger charge is 2.15. The summed E-state index contributed by atoms with van der Waals surface area (Å²) in [5.74, 6) is -1.08. The molecule has 3 heteroatoms. The molecule has 0 radical (unpaired) electrons. The van der Waals surface area contributed by atoms with Crippen molar-refractivity contribution in [1.82, 2.24) is 0 Å². The molecular weight excluding hydrogens is 178 g/mol. The number of hydrogen-bond acceptors (Lipinski definition) is 2. The zero-order valence-corrected chi connectivity index (χ0v) is 8.36. The Bertz CT molecular complexity index is 365. The van der Waals surface area contributed by atoms with Crippen molar-refractivity contribution in [3.05, 3.63) is 35.7 Å². The van der Waals surface area contributed by atoms with Crippen LogP contribution in [0.5, 0.6) is 0 Å². The molecule has 2 rings (SSSR count). The van der Waals surface area contributed by atoms with Gasteiger partial charge in [-0.05, 0) is 13.8 Å². The van der Waals surface area contributed by atoms with E-state index in [4.69, 9.17) is 9.90 Å². The largest absolute Gasteiger partial charge is 0.550 e. The number of aliphatic carboxylic acids is 1. The summed E-state index contributed by atoms with van der Waals surface area (Å²) < 4.78 is 2.18. The van der Waals surface area contributed by atoms with E-state index in [1.165, 1.54) is 11.3 Å². The summed E-state index contributed by atoms with van der Waals surface area (Å²) >= 11 is 0. The van der Waals surface area contributed by atoms with E-state index >= 15 is 0 Å². The van der Waals surface area contributed by atoms with E-state index in [1.807, 2.05) is 0 Å². The molecule has 0 aromatic carbocycles. The molecule has 0 unspecified atom stereocenters. The van der Waals surface area contributed by atoms with E-state index in [9.17, 15) is 0 Å². The monoisotopic (exact) mass is 191 g/mol. The molecule has 1 aliphatic rings. The fourth-order valence-electron chi connectivity index (χ4n) is 1.34. The van der Waals surface area contributed by atoms with Crippen LogP contribution < -0.4 is 9.67 Å². The number of allylic oxidation sites excluding steroid dienone is 1. The van der Waals surface area contributed by atoms with E-state index in [0.29, 0.717) is 0 Å². The molecule has 0 aliphatic carbocycles. The molecule has 0 amide bonds. The summed E-state index contributed by atoms with van der Waals surface area (Å²) in [6.07, 6.45) is 5.38. The second-order valence-corrected chi connectivity index (χ2v) is 3.24. The van der Waals surface area contributed by atoms with Crippen LogP contribution in [-0.4, -0.2) is 5.97 Å². The molecule has 1 aromatic heterocycles. The predicted octanol–water partition coefficient (Wildman–Crippen LogP) is 0.147. The Labute approximate surface area is 83.3 Å². The molecule has 0 bridgehead atoms. The Morgan fingerprint density at radius 3 is 2.71 bits per heavy atom. The first-order valence-corrected chi connectivity index (χ1v) is 4.43. The smallest absolute Gasteiger partial charge is 0.191 e. The van der Waals surface area contributed by atoms with Crippen LogP contribution in [0.4, 0.5) is 0 Å². The standard InChI is InChI=1S/C9H10N.C2H4O2/c1-8-6-9-4-2-3-5-10(9)7-8;1-2(3)4/h2-5,7H,6H2,1H3;1H3,(H,3,4)/q+1;/p-1. The summed E-state index contributed by atoms with van der Waals surface area (Å²) in [6, 6.07) is 6.30. The van der Waals surface area contributed by atoms with Crippen LogP contribution in [0.15, 0.2) is 30.0 Å². The van der Waals surface area contributed by atoms with Gasteiger partial charge in [0.1, 0.15) is 0 Å². The number of carboxylic acids is 1. The maximum atomic E-state index is 8.89. The lowest BCUT2D eigenvalue weighted by atomic mass is 10.2. The van der Waals surface area contributed by atoms with Crippen molar-refractivity contribution in [3.63, 3.8) is 0 Å².